The maximum absolute atomic E-state index is 13.4. The number of halogens is 3. The molecule has 1 atom stereocenters. The summed E-state index contributed by atoms with van der Waals surface area (Å²) in [6.07, 6.45) is -1.44. The number of likely N-dealkylation sites (N-methyl/N-ethyl adjacent to an activating group) is 1. The minimum Gasteiger partial charge on any atom is -0.376 e. The molecule has 2 aromatic rings. The van der Waals surface area contributed by atoms with Gasteiger partial charge in [-0.3, -0.25) is 4.79 Å². The van der Waals surface area contributed by atoms with Crippen molar-refractivity contribution in [2.24, 2.45) is 0 Å². The SMILES string of the molecule is CN(CC1CCCO1)c1cccc2c1CN(c1cn[nH]c(=O)c1C(F)(F)F)C2. The Balaban J connectivity index is 1.63. The molecule has 0 radical (unpaired) electrons. The van der Waals surface area contributed by atoms with E-state index in [-0.39, 0.29) is 18.3 Å². The van der Waals surface area contributed by atoms with E-state index in [1.165, 1.54) is 0 Å². The lowest BCUT2D eigenvalue weighted by Crippen LogP contribution is -2.30. The Hall–Kier alpha value is -2.55. The van der Waals surface area contributed by atoms with E-state index in [1.807, 2.05) is 30.3 Å². The van der Waals surface area contributed by atoms with Gasteiger partial charge in [0.2, 0.25) is 0 Å². The van der Waals surface area contributed by atoms with Crippen LogP contribution in [0.4, 0.5) is 24.5 Å². The molecule has 2 aliphatic heterocycles. The fourth-order valence-electron chi connectivity index (χ4n) is 4.03. The second-order valence-corrected chi connectivity index (χ2v) is 7.24. The summed E-state index contributed by atoms with van der Waals surface area (Å²) in [6, 6.07) is 5.79. The van der Waals surface area contributed by atoms with Gasteiger partial charge in [-0.15, -0.1) is 0 Å². The predicted molar refractivity (Wildman–Crippen MR) is 98.4 cm³/mol. The second-order valence-electron chi connectivity index (χ2n) is 7.24. The summed E-state index contributed by atoms with van der Waals surface area (Å²) < 4.78 is 46.0. The molecule has 0 spiro atoms. The highest BCUT2D eigenvalue weighted by atomic mass is 19.4. The predicted octanol–water partition coefficient (Wildman–Crippen LogP) is 2.92. The molecule has 3 heterocycles. The number of H-pyrrole nitrogens is 1. The second kappa shape index (κ2) is 7.12. The molecule has 0 amide bonds. The lowest BCUT2D eigenvalue weighted by molar-refractivity contribution is -0.138. The number of fused-ring (bicyclic) bond motifs is 1. The van der Waals surface area contributed by atoms with Crippen LogP contribution < -0.4 is 15.4 Å². The fourth-order valence-corrected chi connectivity index (χ4v) is 4.03. The van der Waals surface area contributed by atoms with E-state index >= 15 is 0 Å². The highest BCUT2D eigenvalue weighted by molar-refractivity contribution is 5.64. The van der Waals surface area contributed by atoms with Crippen LogP contribution in [0.3, 0.4) is 0 Å². The molecule has 6 nitrogen and oxygen atoms in total. The lowest BCUT2D eigenvalue weighted by atomic mass is 10.1. The van der Waals surface area contributed by atoms with Crippen molar-refractivity contribution >= 4 is 11.4 Å². The number of ether oxygens (including phenoxy) is 1. The number of aromatic amines is 1. The molecule has 150 valence electrons. The molecule has 1 aromatic carbocycles. The molecule has 4 rings (SSSR count). The number of alkyl halides is 3. The molecular weight excluding hydrogens is 373 g/mol. The van der Waals surface area contributed by atoms with E-state index in [1.54, 1.807) is 4.90 Å². The van der Waals surface area contributed by atoms with Crippen LogP contribution in [0.5, 0.6) is 0 Å². The molecule has 9 heteroatoms. The molecule has 0 bridgehead atoms. The topological polar surface area (TPSA) is 61.5 Å². The number of hydrogen-bond acceptors (Lipinski definition) is 5. The smallest absolute Gasteiger partial charge is 0.376 e. The van der Waals surface area contributed by atoms with Crippen LogP contribution in [0.25, 0.3) is 0 Å². The molecule has 0 aliphatic carbocycles. The minimum absolute atomic E-state index is 0.173. The summed E-state index contributed by atoms with van der Waals surface area (Å²) in [5, 5.41) is 5.47. The largest absolute Gasteiger partial charge is 0.423 e. The molecule has 1 N–H and O–H groups in total. The maximum atomic E-state index is 13.4. The van der Waals surface area contributed by atoms with E-state index in [9.17, 15) is 18.0 Å². The van der Waals surface area contributed by atoms with Gasteiger partial charge in [0.25, 0.3) is 5.56 Å². The van der Waals surface area contributed by atoms with Gasteiger partial charge in [-0.25, -0.2) is 5.10 Å². The Morgan fingerprint density at radius 1 is 1.36 bits per heavy atom. The van der Waals surface area contributed by atoms with Crippen LogP contribution in [0.2, 0.25) is 0 Å². The number of nitrogens with one attached hydrogen (secondary N) is 1. The molecule has 1 unspecified atom stereocenters. The standard InChI is InChI=1S/C19H21F3N4O2/c1-25(10-13-5-3-7-28-13)15-6-2-4-12-9-26(11-14(12)15)16-8-23-24-18(27)17(16)19(20,21)22/h2,4,6,8,13H,3,5,7,9-11H2,1H3,(H,24,27). The van der Waals surface area contributed by atoms with Gasteiger partial charge in [0, 0.05) is 39.0 Å². The fraction of sp³-hybridized carbons (Fsp3) is 0.474. The maximum Gasteiger partial charge on any atom is 0.423 e. The third kappa shape index (κ3) is 3.46. The molecule has 2 aliphatic rings. The van der Waals surface area contributed by atoms with Gasteiger partial charge in [-0.2, -0.15) is 18.3 Å². The van der Waals surface area contributed by atoms with E-state index in [4.69, 9.17) is 4.74 Å². The zero-order chi connectivity index (χ0) is 19.9. The molecule has 1 aromatic heterocycles. The van der Waals surface area contributed by atoms with Gasteiger partial charge >= 0.3 is 6.18 Å². The van der Waals surface area contributed by atoms with Crippen molar-refractivity contribution in [3.63, 3.8) is 0 Å². The zero-order valence-corrected chi connectivity index (χ0v) is 15.4. The van der Waals surface area contributed by atoms with Gasteiger partial charge in [0.05, 0.1) is 18.0 Å². The molecule has 1 fully saturated rings. The first-order chi connectivity index (χ1) is 13.3. The Morgan fingerprint density at radius 2 is 2.18 bits per heavy atom. The monoisotopic (exact) mass is 394 g/mol. The lowest BCUT2D eigenvalue weighted by Gasteiger charge is -2.25. The third-order valence-electron chi connectivity index (χ3n) is 5.33. The molecule has 28 heavy (non-hydrogen) atoms. The van der Waals surface area contributed by atoms with Crippen molar-refractivity contribution in [1.82, 2.24) is 10.2 Å². The van der Waals surface area contributed by atoms with Crippen LogP contribution in [0.15, 0.2) is 29.2 Å². The van der Waals surface area contributed by atoms with Gasteiger partial charge < -0.3 is 14.5 Å². The Kier molecular flexibility index (Phi) is 4.78. The number of benzene rings is 1. The van der Waals surface area contributed by atoms with E-state index in [0.717, 1.165) is 49.0 Å². The summed E-state index contributed by atoms with van der Waals surface area (Å²) in [4.78, 5) is 15.4. The summed E-state index contributed by atoms with van der Waals surface area (Å²) in [5.74, 6) is 0. The first kappa shape index (κ1) is 18.8. The number of nitrogens with zero attached hydrogens (tertiary/aromatic N) is 3. The van der Waals surface area contributed by atoms with E-state index in [2.05, 4.69) is 10.00 Å². The van der Waals surface area contributed by atoms with E-state index in [0.29, 0.717) is 6.54 Å². The van der Waals surface area contributed by atoms with Crippen LogP contribution in [-0.2, 0) is 24.0 Å². The van der Waals surface area contributed by atoms with Gasteiger partial charge in [-0.05, 0) is 30.0 Å². The number of aromatic nitrogens is 2. The van der Waals surface area contributed by atoms with Gasteiger partial charge in [-0.1, -0.05) is 12.1 Å². The summed E-state index contributed by atoms with van der Waals surface area (Å²) in [6.45, 7) is 2.09. The summed E-state index contributed by atoms with van der Waals surface area (Å²) in [7, 11) is 1.97. The summed E-state index contributed by atoms with van der Waals surface area (Å²) in [5.41, 5.74) is 0.268. The minimum atomic E-state index is -4.75. The van der Waals surface area contributed by atoms with Crippen molar-refractivity contribution in [2.45, 2.75) is 38.2 Å². The van der Waals surface area contributed by atoms with Crippen LogP contribution in [-0.4, -0.2) is 36.5 Å². The highest BCUT2D eigenvalue weighted by Crippen LogP contribution is 2.39. The van der Waals surface area contributed by atoms with Crippen molar-refractivity contribution in [2.75, 3.05) is 30.0 Å². The van der Waals surface area contributed by atoms with Crippen LogP contribution >= 0.6 is 0 Å². The zero-order valence-electron chi connectivity index (χ0n) is 15.4. The summed E-state index contributed by atoms with van der Waals surface area (Å²) >= 11 is 0. The Labute approximate surface area is 159 Å². The number of anilines is 2. The Morgan fingerprint density at radius 3 is 2.89 bits per heavy atom. The molecule has 1 saturated heterocycles. The van der Waals surface area contributed by atoms with Crippen molar-refractivity contribution in [3.05, 3.63) is 51.4 Å². The highest BCUT2D eigenvalue weighted by Gasteiger charge is 2.40. The first-order valence-corrected chi connectivity index (χ1v) is 9.18. The Bertz CT molecular complexity index is 922. The quantitative estimate of drug-likeness (QED) is 0.864. The average Bonchev–Trinajstić information content (AvgIpc) is 3.29. The normalized spacial score (nSPS) is 19.1. The number of hydrogen-bond donors (Lipinski definition) is 1. The van der Waals surface area contributed by atoms with Crippen molar-refractivity contribution < 1.29 is 17.9 Å². The number of rotatable bonds is 4. The van der Waals surface area contributed by atoms with Crippen LogP contribution in [0, 0.1) is 0 Å². The molecular formula is C19H21F3N4O2. The van der Waals surface area contributed by atoms with Crippen molar-refractivity contribution in [1.29, 1.82) is 0 Å². The van der Waals surface area contributed by atoms with Crippen LogP contribution in [0.1, 0.15) is 29.5 Å². The first-order valence-electron chi connectivity index (χ1n) is 9.18. The average molecular weight is 394 g/mol. The van der Waals surface area contributed by atoms with E-state index < -0.39 is 17.3 Å². The van der Waals surface area contributed by atoms with Gasteiger partial charge in [0.15, 0.2) is 0 Å². The molecule has 0 saturated carbocycles. The van der Waals surface area contributed by atoms with Crippen molar-refractivity contribution in [3.8, 4) is 0 Å². The van der Waals surface area contributed by atoms with Gasteiger partial charge in [0.1, 0.15) is 5.56 Å². The third-order valence-corrected chi connectivity index (χ3v) is 5.33.